The van der Waals surface area contributed by atoms with Crippen molar-refractivity contribution in [3.05, 3.63) is 32.7 Å². The highest BCUT2D eigenvalue weighted by Gasteiger charge is 2.07. The van der Waals surface area contributed by atoms with Gasteiger partial charge < -0.3 is 9.52 Å². The maximum Gasteiger partial charge on any atom is 0.422 e. The zero-order valence-electron chi connectivity index (χ0n) is 7.52. The van der Waals surface area contributed by atoms with E-state index in [1.807, 2.05) is 0 Å². The van der Waals surface area contributed by atoms with E-state index in [0.29, 0.717) is 6.42 Å². The maximum absolute atomic E-state index is 11.0. The molecule has 1 aromatic heterocycles. The maximum atomic E-state index is 11.0. The summed E-state index contributed by atoms with van der Waals surface area (Å²) in [6, 6.07) is 0. The lowest BCUT2D eigenvalue weighted by Crippen LogP contribution is -2.28. The first-order chi connectivity index (χ1) is 6.54. The largest absolute Gasteiger partial charge is 0.480 e. The number of aliphatic carboxylic acids is 1. The summed E-state index contributed by atoms with van der Waals surface area (Å²) in [6.07, 6.45) is 1.60. The van der Waals surface area contributed by atoms with E-state index in [-0.39, 0.29) is 5.56 Å². The Morgan fingerprint density at radius 3 is 2.71 bits per heavy atom. The minimum atomic E-state index is -1.16. The lowest BCUT2D eigenvalue weighted by Gasteiger charge is -2.01. The second-order valence-corrected chi connectivity index (χ2v) is 2.68. The molecule has 0 bridgehead atoms. The van der Waals surface area contributed by atoms with Crippen LogP contribution in [0.5, 0.6) is 0 Å². The predicted molar refractivity (Wildman–Crippen MR) is 46.3 cm³/mol. The molecule has 1 N–H and O–H groups in total. The monoisotopic (exact) mass is 199 g/mol. The van der Waals surface area contributed by atoms with Gasteiger partial charge in [0.2, 0.25) is 0 Å². The lowest BCUT2D eigenvalue weighted by molar-refractivity contribution is -0.137. The average molecular weight is 199 g/mol. The van der Waals surface area contributed by atoms with E-state index >= 15 is 0 Å². The first-order valence-corrected chi connectivity index (χ1v) is 4.00. The molecule has 1 aromatic rings. The molecule has 0 aliphatic carbocycles. The molecule has 14 heavy (non-hydrogen) atoms. The Balaban J connectivity index is 3.24. The van der Waals surface area contributed by atoms with E-state index in [1.54, 1.807) is 6.92 Å². The Bertz CT molecular complexity index is 456. The van der Waals surface area contributed by atoms with Crippen LogP contribution in [0.1, 0.15) is 12.5 Å². The summed E-state index contributed by atoms with van der Waals surface area (Å²) in [7, 11) is 0. The van der Waals surface area contributed by atoms with Gasteiger partial charge in [0.15, 0.2) is 0 Å². The van der Waals surface area contributed by atoms with Gasteiger partial charge in [0.05, 0.1) is 5.56 Å². The summed E-state index contributed by atoms with van der Waals surface area (Å²) < 4.78 is 5.17. The van der Waals surface area contributed by atoms with Crippen molar-refractivity contribution in [2.24, 2.45) is 0 Å². The smallest absolute Gasteiger partial charge is 0.422 e. The number of carboxylic acids is 1. The van der Waals surface area contributed by atoms with Crippen molar-refractivity contribution in [1.82, 2.24) is 4.57 Å². The van der Waals surface area contributed by atoms with Gasteiger partial charge in [-0.1, -0.05) is 6.92 Å². The Hall–Kier alpha value is -1.85. The number of aromatic nitrogens is 1. The molecule has 0 unspecified atom stereocenters. The molecular weight excluding hydrogens is 190 g/mol. The summed E-state index contributed by atoms with van der Waals surface area (Å²) in [6.45, 7) is 1.21. The molecule has 0 aliphatic heterocycles. The van der Waals surface area contributed by atoms with Crippen molar-refractivity contribution < 1.29 is 14.3 Å². The van der Waals surface area contributed by atoms with Crippen molar-refractivity contribution in [2.45, 2.75) is 19.9 Å². The van der Waals surface area contributed by atoms with E-state index in [1.165, 1.54) is 6.20 Å². The summed E-state index contributed by atoms with van der Waals surface area (Å²) in [5.74, 6) is -2.11. The first-order valence-electron chi connectivity index (χ1n) is 4.00. The molecule has 0 amide bonds. The van der Waals surface area contributed by atoms with E-state index in [4.69, 9.17) is 5.11 Å². The Morgan fingerprint density at radius 2 is 2.21 bits per heavy atom. The minimum absolute atomic E-state index is 0.283. The standard InChI is InChI=1S/C8H9NO5/c1-2-5-3-9(4-6(10)11)8(13)14-7(5)12/h3H,2,4H2,1H3,(H,10,11). The van der Waals surface area contributed by atoms with Crippen LogP contribution in [0.4, 0.5) is 0 Å². The summed E-state index contributed by atoms with van der Waals surface area (Å²) in [5.41, 5.74) is -0.426. The Labute approximate surface area is 78.4 Å². The topological polar surface area (TPSA) is 89.5 Å². The average Bonchev–Trinajstić information content (AvgIpc) is 2.09. The van der Waals surface area contributed by atoms with Gasteiger partial charge in [-0.3, -0.25) is 9.36 Å². The van der Waals surface area contributed by atoms with Gasteiger partial charge in [-0.25, -0.2) is 9.59 Å². The lowest BCUT2D eigenvalue weighted by atomic mass is 10.3. The highest BCUT2D eigenvalue weighted by molar-refractivity contribution is 5.66. The van der Waals surface area contributed by atoms with Crippen LogP contribution in [-0.2, 0) is 17.8 Å². The molecule has 1 rings (SSSR count). The second kappa shape index (κ2) is 3.91. The van der Waals surface area contributed by atoms with Crippen LogP contribution in [0, 0.1) is 0 Å². The normalized spacial score (nSPS) is 10.1. The molecule has 0 saturated heterocycles. The van der Waals surface area contributed by atoms with Crippen molar-refractivity contribution >= 4 is 5.97 Å². The first kappa shape index (κ1) is 10.2. The fourth-order valence-electron chi connectivity index (χ4n) is 0.989. The summed E-state index contributed by atoms with van der Waals surface area (Å²) >= 11 is 0. The van der Waals surface area contributed by atoms with E-state index < -0.39 is 23.9 Å². The predicted octanol–water partition coefficient (Wildman–Crippen LogP) is -0.551. The fourth-order valence-corrected chi connectivity index (χ4v) is 0.989. The van der Waals surface area contributed by atoms with Crippen LogP contribution in [0.15, 0.2) is 20.2 Å². The van der Waals surface area contributed by atoms with Crippen LogP contribution >= 0.6 is 0 Å². The van der Waals surface area contributed by atoms with Gasteiger partial charge in [-0.15, -0.1) is 0 Å². The molecule has 0 aliphatic rings. The Morgan fingerprint density at radius 1 is 1.57 bits per heavy atom. The number of nitrogens with zero attached hydrogens (tertiary/aromatic N) is 1. The summed E-state index contributed by atoms with van der Waals surface area (Å²) in [5, 5.41) is 8.44. The molecule has 6 heteroatoms. The molecule has 6 nitrogen and oxygen atoms in total. The third-order valence-corrected chi connectivity index (χ3v) is 1.67. The van der Waals surface area contributed by atoms with Crippen molar-refractivity contribution in [3.63, 3.8) is 0 Å². The second-order valence-electron chi connectivity index (χ2n) is 2.68. The molecule has 0 fully saturated rings. The van der Waals surface area contributed by atoms with Crippen molar-refractivity contribution in [2.75, 3.05) is 0 Å². The van der Waals surface area contributed by atoms with Crippen LogP contribution in [0.25, 0.3) is 0 Å². The van der Waals surface area contributed by atoms with Crippen LogP contribution in [0.2, 0.25) is 0 Å². The number of hydrogen-bond donors (Lipinski definition) is 1. The van der Waals surface area contributed by atoms with Gasteiger partial charge >= 0.3 is 17.4 Å². The number of rotatable bonds is 3. The molecule has 1 heterocycles. The van der Waals surface area contributed by atoms with E-state index in [9.17, 15) is 14.4 Å². The third-order valence-electron chi connectivity index (χ3n) is 1.67. The van der Waals surface area contributed by atoms with Gasteiger partial charge in [0.25, 0.3) is 0 Å². The molecule has 76 valence electrons. The van der Waals surface area contributed by atoms with Gasteiger partial charge in [0, 0.05) is 6.20 Å². The molecular formula is C8H9NO5. The number of aryl methyl sites for hydroxylation is 1. The molecule has 0 radical (unpaired) electrons. The van der Waals surface area contributed by atoms with Gasteiger partial charge in [-0.2, -0.15) is 0 Å². The van der Waals surface area contributed by atoms with Gasteiger partial charge in [0.1, 0.15) is 6.54 Å². The van der Waals surface area contributed by atoms with E-state index in [2.05, 4.69) is 4.42 Å². The molecule has 0 aromatic carbocycles. The van der Waals surface area contributed by atoms with E-state index in [0.717, 1.165) is 4.57 Å². The number of carboxylic acid groups (broad SMARTS) is 1. The van der Waals surface area contributed by atoms with Crippen LogP contribution < -0.4 is 11.4 Å². The highest BCUT2D eigenvalue weighted by atomic mass is 16.4. The van der Waals surface area contributed by atoms with Crippen molar-refractivity contribution in [3.8, 4) is 0 Å². The zero-order valence-corrected chi connectivity index (χ0v) is 7.52. The fraction of sp³-hybridized carbons (Fsp3) is 0.375. The molecule has 0 spiro atoms. The van der Waals surface area contributed by atoms with Crippen LogP contribution in [-0.4, -0.2) is 15.6 Å². The SMILES string of the molecule is CCc1cn(CC(=O)O)c(=O)oc1=O. The Kier molecular flexibility index (Phi) is 2.85. The van der Waals surface area contributed by atoms with Gasteiger partial charge in [-0.05, 0) is 6.42 Å². The zero-order chi connectivity index (χ0) is 10.7. The number of carbonyl (C=O) groups is 1. The summed E-state index contributed by atoms with van der Waals surface area (Å²) in [4.78, 5) is 32.3. The molecule has 0 saturated carbocycles. The molecule has 0 atom stereocenters. The third kappa shape index (κ3) is 2.09. The van der Waals surface area contributed by atoms with Crippen molar-refractivity contribution in [1.29, 1.82) is 0 Å². The highest BCUT2D eigenvalue weighted by Crippen LogP contribution is 1.90. The number of hydrogen-bond acceptors (Lipinski definition) is 4. The van der Waals surface area contributed by atoms with Crippen LogP contribution in [0.3, 0.4) is 0 Å². The quantitative estimate of drug-likeness (QED) is 0.705. The minimum Gasteiger partial charge on any atom is -0.480 e.